The molecule has 16 heteroatoms. The first-order valence-corrected chi connectivity index (χ1v) is 20.3. The Balaban J connectivity index is 1.08. The number of hydrogen-bond donors (Lipinski definition) is 0. The lowest BCUT2D eigenvalue weighted by molar-refractivity contribution is -0.164. The summed E-state index contributed by atoms with van der Waals surface area (Å²) in [7, 11) is 0. The summed E-state index contributed by atoms with van der Waals surface area (Å²) in [5, 5.41) is 0. The fraction of sp³-hybridized carbons (Fsp3) is 0.591. The quantitative estimate of drug-likeness (QED) is 0.0584. The zero-order chi connectivity index (χ0) is 43.2. The predicted octanol–water partition coefficient (Wildman–Crippen LogP) is 11.1. The third kappa shape index (κ3) is 14.4. The first kappa shape index (κ1) is 47.2. The van der Waals surface area contributed by atoms with Crippen LogP contribution in [0.5, 0.6) is 23.0 Å². The zero-order valence-electron chi connectivity index (χ0n) is 34.1. The normalized spacial score (nSPS) is 15.9. The number of benzene rings is 3. The maximum atomic E-state index is 14.9. The van der Waals surface area contributed by atoms with E-state index in [4.69, 9.17) is 37.9 Å². The molecular formula is C44H54F8O8. The summed E-state index contributed by atoms with van der Waals surface area (Å²) in [6.45, 7) is 8.65. The van der Waals surface area contributed by atoms with Gasteiger partial charge in [0.1, 0.15) is 59.0 Å². The second-order valence-corrected chi connectivity index (χ2v) is 16.1. The minimum atomic E-state index is -5.56. The molecule has 0 unspecified atom stereocenters. The van der Waals surface area contributed by atoms with E-state index in [9.17, 15) is 35.1 Å². The van der Waals surface area contributed by atoms with E-state index in [-0.39, 0.29) is 33.5 Å². The van der Waals surface area contributed by atoms with Crippen LogP contribution in [0.2, 0.25) is 0 Å². The van der Waals surface area contributed by atoms with Crippen LogP contribution in [0.4, 0.5) is 35.1 Å². The van der Waals surface area contributed by atoms with Crippen molar-refractivity contribution in [3.63, 3.8) is 0 Å². The molecular weight excluding hydrogens is 808 g/mol. The summed E-state index contributed by atoms with van der Waals surface area (Å²) in [5.74, 6) is -3.76. The minimum Gasteiger partial charge on any atom is -0.493 e. The molecule has 334 valence electrons. The molecule has 0 atom stereocenters. The van der Waals surface area contributed by atoms with Gasteiger partial charge in [0.25, 0.3) is 0 Å². The highest BCUT2D eigenvalue weighted by molar-refractivity contribution is 5.52. The second kappa shape index (κ2) is 21.8. The Bertz CT molecular complexity index is 1660. The zero-order valence-corrected chi connectivity index (χ0v) is 34.1. The maximum Gasteiger partial charge on any atom is 0.420 e. The van der Waals surface area contributed by atoms with Gasteiger partial charge < -0.3 is 37.9 Å². The first-order valence-electron chi connectivity index (χ1n) is 20.3. The van der Waals surface area contributed by atoms with Gasteiger partial charge in [-0.15, -0.1) is 0 Å². The Hall–Kier alpha value is -3.86. The number of hydrogen-bond acceptors (Lipinski definition) is 8. The van der Waals surface area contributed by atoms with Crippen molar-refractivity contribution in [1.29, 1.82) is 0 Å². The monoisotopic (exact) mass is 862 g/mol. The summed E-state index contributed by atoms with van der Waals surface area (Å²) in [4.78, 5) is 0. The lowest BCUT2D eigenvalue weighted by Gasteiger charge is -2.37. The molecule has 8 nitrogen and oxygen atoms in total. The van der Waals surface area contributed by atoms with Crippen molar-refractivity contribution in [3.05, 3.63) is 82.4 Å². The fourth-order valence-corrected chi connectivity index (χ4v) is 6.55. The topological polar surface area (TPSA) is 73.8 Å². The summed E-state index contributed by atoms with van der Waals surface area (Å²) in [6.07, 6.45) is -4.40. The van der Waals surface area contributed by atoms with Crippen LogP contribution >= 0.6 is 0 Å². The Morgan fingerprint density at radius 1 is 0.500 bits per heavy atom. The molecule has 0 N–H and O–H groups in total. The van der Waals surface area contributed by atoms with E-state index in [0.717, 1.165) is 50.7 Å². The predicted molar refractivity (Wildman–Crippen MR) is 205 cm³/mol. The third-order valence-corrected chi connectivity index (χ3v) is 10.1. The van der Waals surface area contributed by atoms with Gasteiger partial charge in [0.15, 0.2) is 0 Å². The summed E-state index contributed by atoms with van der Waals surface area (Å²) < 4.78 is 159. The Kier molecular flexibility index (Phi) is 17.1. The molecule has 3 aromatic carbocycles. The number of alkyl halides is 6. The van der Waals surface area contributed by atoms with Gasteiger partial charge in [-0.1, -0.05) is 26.7 Å². The van der Waals surface area contributed by atoms with Gasteiger partial charge in [0, 0.05) is 47.3 Å². The van der Waals surface area contributed by atoms with Crippen LogP contribution in [0.25, 0.3) is 0 Å². The van der Waals surface area contributed by atoms with E-state index in [1.807, 2.05) is 0 Å². The average Bonchev–Trinajstić information content (AvgIpc) is 3.16. The molecule has 2 heterocycles. The standard InChI is InChI=1S/C44H54F8O8/c1-41(27-55-28-41)25-53-17-7-3-5-9-19-57-33-13-11-31(35(45)21-33)23-59-37-15-16-38(40(44(50,51)52)39(37)43(47,48)49)60-24-32-12-14-34(22-36(32)46)58-20-10-6-4-8-18-54-26-42(2)29-56-30-42/h11-16,21-22H,3-10,17-20,23-30H2,1-2H3. The summed E-state index contributed by atoms with van der Waals surface area (Å²) in [5.41, 5.74) is -4.52. The van der Waals surface area contributed by atoms with Crippen LogP contribution in [-0.4, -0.2) is 66.1 Å². The van der Waals surface area contributed by atoms with Crippen molar-refractivity contribution in [2.24, 2.45) is 10.8 Å². The average molecular weight is 863 g/mol. The molecule has 3 aromatic rings. The van der Waals surface area contributed by atoms with Gasteiger partial charge in [-0.05, 0) is 74.9 Å². The molecule has 2 aliphatic heterocycles. The molecule has 60 heavy (non-hydrogen) atoms. The highest BCUT2D eigenvalue weighted by Gasteiger charge is 2.48. The van der Waals surface area contributed by atoms with Crippen LogP contribution in [-0.2, 0) is 44.5 Å². The van der Waals surface area contributed by atoms with E-state index in [0.29, 0.717) is 91.0 Å². The van der Waals surface area contributed by atoms with Gasteiger partial charge in [-0.2, -0.15) is 26.3 Å². The Morgan fingerprint density at radius 3 is 1.18 bits per heavy atom. The molecule has 2 saturated heterocycles. The van der Waals surface area contributed by atoms with Gasteiger partial charge >= 0.3 is 12.4 Å². The Labute approximate surface area is 345 Å². The SMILES string of the molecule is CC1(COCCCCCCOc2ccc(COc3ccc(OCc4ccc(OCCCCCCOCC5(C)COC5)cc4F)c(C(F)(F)F)c3C(F)(F)F)c(F)c2)COC1. The van der Waals surface area contributed by atoms with Crippen molar-refractivity contribution in [3.8, 4) is 23.0 Å². The van der Waals surface area contributed by atoms with E-state index < -0.39 is 59.8 Å². The van der Waals surface area contributed by atoms with Crippen LogP contribution < -0.4 is 18.9 Å². The highest BCUT2D eigenvalue weighted by atomic mass is 19.4. The molecule has 2 fully saturated rings. The summed E-state index contributed by atoms with van der Waals surface area (Å²) >= 11 is 0. The number of halogens is 8. The number of ether oxygens (including phenoxy) is 8. The molecule has 0 amide bonds. The number of unbranched alkanes of at least 4 members (excludes halogenated alkanes) is 6. The third-order valence-electron chi connectivity index (χ3n) is 10.1. The Morgan fingerprint density at radius 2 is 0.867 bits per heavy atom. The van der Waals surface area contributed by atoms with Gasteiger partial charge in [-0.25, -0.2) is 8.78 Å². The van der Waals surface area contributed by atoms with E-state index in [2.05, 4.69) is 13.8 Å². The highest BCUT2D eigenvalue weighted by Crippen LogP contribution is 2.49. The fourth-order valence-electron chi connectivity index (χ4n) is 6.55. The maximum absolute atomic E-state index is 14.9. The molecule has 0 spiro atoms. The molecule has 5 rings (SSSR count). The second-order valence-electron chi connectivity index (χ2n) is 16.1. The van der Waals surface area contributed by atoms with Crippen molar-refractivity contribution < 1.29 is 73.0 Å². The van der Waals surface area contributed by atoms with Crippen LogP contribution in [0.3, 0.4) is 0 Å². The number of rotatable bonds is 26. The van der Waals surface area contributed by atoms with Crippen molar-refractivity contribution in [2.75, 3.05) is 66.1 Å². The summed E-state index contributed by atoms with van der Waals surface area (Å²) in [6, 6.07) is 8.62. The lowest BCUT2D eigenvalue weighted by atomic mass is 9.90. The molecule has 0 aliphatic carbocycles. The first-order chi connectivity index (χ1) is 28.6. The van der Waals surface area contributed by atoms with Gasteiger partial charge in [0.2, 0.25) is 0 Å². The van der Waals surface area contributed by atoms with E-state index in [1.54, 1.807) is 0 Å². The molecule has 2 aliphatic rings. The molecule has 0 saturated carbocycles. The molecule has 0 aromatic heterocycles. The lowest BCUT2D eigenvalue weighted by Crippen LogP contribution is -2.43. The van der Waals surface area contributed by atoms with E-state index in [1.165, 1.54) is 24.3 Å². The van der Waals surface area contributed by atoms with Crippen LogP contribution in [0, 0.1) is 22.5 Å². The van der Waals surface area contributed by atoms with Crippen molar-refractivity contribution in [1.82, 2.24) is 0 Å². The van der Waals surface area contributed by atoms with Crippen molar-refractivity contribution in [2.45, 2.75) is 90.8 Å². The smallest absolute Gasteiger partial charge is 0.420 e. The largest absolute Gasteiger partial charge is 0.493 e. The van der Waals surface area contributed by atoms with Gasteiger partial charge in [-0.3, -0.25) is 0 Å². The van der Waals surface area contributed by atoms with Crippen LogP contribution in [0.15, 0.2) is 48.5 Å². The molecule has 0 bridgehead atoms. The van der Waals surface area contributed by atoms with Crippen molar-refractivity contribution >= 4 is 0 Å². The van der Waals surface area contributed by atoms with Gasteiger partial charge in [0.05, 0.1) is 52.9 Å². The molecule has 0 radical (unpaired) electrons. The van der Waals surface area contributed by atoms with E-state index >= 15 is 0 Å². The van der Waals surface area contributed by atoms with Crippen LogP contribution in [0.1, 0.15) is 87.5 Å². The minimum absolute atomic E-state index is 0.103.